The van der Waals surface area contributed by atoms with Crippen molar-refractivity contribution in [1.29, 1.82) is 0 Å². The van der Waals surface area contributed by atoms with Crippen LogP contribution in [0.2, 0.25) is 0 Å². The zero-order valence-corrected chi connectivity index (χ0v) is 10.4. The Morgan fingerprint density at radius 2 is 1.94 bits per heavy atom. The molecule has 0 bridgehead atoms. The Morgan fingerprint density at radius 3 is 2.50 bits per heavy atom. The van der Waals surface area contributed by atoms with Crippen molar-refractivity contribution < 1.29 is 14.0 Å². The Balaban J connectivity index is 2.02. The molecule has 0 atom stereocenters. The summed E-state index contributed by atoms with van der Waals surface area (Å²) in [5, 5.41) is 0. The molecule has 1 aromatic carbocycles. The number of amides is 1. The van der Waals surface area contributed by atoms with Crippen LogP contribution in [0.3, 0.4) is 0 Å². The largest absolute Gasteiger partial charge is 0.339 e. The summed E-state index contributed by atoms with van der Waals surface area (Å²) < 4.78 is 13.0. The van der Waals surface area contributed by atoms with Crippen LogP contribution < -0.4 is 0 Å². The van der Waals surface area contributed by atoms with Crippen LogP contribution in [-0.4, -0.2) is 29.7 Å². The van der Waals surface area contributed by atoms with E-state index in [2.05, 4.69) is 0 Å². The fourth-order valence-electron chi connectivity index (χ4n) is 2.29. The fraction of sp³-hybridized carbons (Fsp3) is 0.429. The van der Waals surface area contributed by atoms with Crippen molar-refractivity contribution in [2.45, 2.75) is 19.8 Å². The molecule has 3 nitrogen and oxygen atoms in total. The minimum Gasteiger partial charge on any atom is -0.339 e. The number of hydrogen-bond donors (Lipinski definition) is 0. The van der Waals surface area contributed by atoms with Gasteiger partial charge < -0.3 is 4.90 Å². The molecule has 0 aromatic heterocycles. The summed E-state index contributed by atoms with van der Waals surface area (Å²) in [7, 11) is 0. The third-order valence-corrected chi connectivity index (χ3v) is 3.43. The second-order valence-corrected chi connectivity index (χ2v) is 4.69. The summed E-state index contributed by atoms with van der Waals surface area (Å²) in [4.78, 5) is 25.0. The second kappa shape index (κ2) is 5.29. The average molecular weight is 249 g/mol. The van der Waals surface area contributed by atoms with Crippen LogP contribution in [0.1, 0.15) is 30.1 Å². The molecule has 1 fully saturated rings. The first kappa shape index (κ1) is 12.7. The lowest BCUT2D eigenvalue weighted by atomic mass is 9.93. The van der Waals surface area contributed by atoms with Crippen LogP contribution in [0, 0.1) is 11.7 Å². The molecule has 4 heteroatoms. The van der Waals surface area contributed by atoms with E-state index in [9.17, 15) is 14.0 Å². The number of carbonyl (C=O) groups excluding carboxylic acids is 2. The van der Waals surface area contributed by atoms with E-state index in [1.54, 1.807) is 17.9 Å². The molecule has 2 rings (SSSR count). The van der Waals surface area contributed by atoms with E-state index in [1.807, 2.05) is 0 Å². The predicted molar refractivity (Wildman–Crippen MR) is 65.7 cm³/mol. The second-order valence-electron chi connectivity index (χ2n) is 4.69. The van der Waals surface area contributed by atoms with Crippen LogP contribution in [-0.2, 0) is 4.79 Å². The SMILES string of the molecule is CC(=O)C1CCN(C(=O)c2cccc(F)c2)CC1. The van der Waals surface area contributed by atoms with Crippen molar-refractivity contribution >= 4 is 11.7 Å². The minimum atomic E-state index is -0.403. The highest BCUT2D eigenvalue weighted by Crippen LogP contribution is 2.19. The van der Waals surface area contributed by atoms with Gasteiger partial charge in [0.05, 0.1) is 0 Å². The molecule has 0 N–H and O–H groups in total. The van der Waals surface area contributed by atoms with Gasteiger partial charge in [-0.2, -0.15) is 0 Å². The van der Waals surface area contributed by atoms with Crippen LogP contribution >= 0.6 is 0 Å². The monoisotopic (exact) mass is 249 g/mol. The van der Waals surface area contributed by atoms with Gasteiger partial charge in [0.2, 0.25) is 0 Å². The highest BCUT2D eigenvalue weighted by Gasteiger charge is 2.25. The van der Waals surface area contributed by atoms with Crippen molar-refractivity contribution in [2.24, 2.45) is 5.92 Å². The lowest BCUT2D eigenvalue weighted by Crippen LogP contribution is -2.39. The molecular weight excluding hydrogens is 233 g/mol. The maximum absolute atomic E-state index is 13.0. The number of rotatable bonds is 2. The van der Waals surface area contributed by atoms with Crippen molar-refractivity contribution in [1.82, 2.24) is 4.90 Å². The van der Waals surface area contributed by atoms with Crippen LogP contribution in [0.4, 0.5) is 4.39 Å². The van der Waals surface area contributed by atoms with Crippen LogP contribution in [0.15, 0.2) is 24.3 Å². The van der Waals surface area contributed by atoms with E-state index in [1.165, 1.54) is 18.2 Å². The van der Waals surface area contributed by atoms with Gasteiger partial charge in [0.15, 0.2) is 0 Å². The molecule has 0 spiro atoms. The molecule has 0 saturated carbocycles. The Hall–Kier alpha value is -1.71. The number of Topliss-reactive ketones (excluding diaryl/α,β-unsaturated/α-hetero) is 1. The van der Waals surface area contributed by atoms with E-state index in [-0.39, 0.29) is 17.6 Å². The standard InChI is InChI=1S/C14H16FNO2/c1-10(17)11-5-7-16(8-6-11)14(18)12-3-2-4-13(15)9-12/h2-4,9,11H,5-8H2,1H3. The van der Waals surface area contributed by atoms with Gasteiger partial charge in [0.1, 0.15) is 11.6 Å². The Labute approximate surface area is 106 Å². The summed E-state index contributed by atoms with van der Waals surface area (Å²) in [5.41, 5.74) is 0.372. The summed E-state index contributed by atoms with van der Waals surface area (Å²) in [6.07, 6.45) is 1.41. The van der Waals surface area contributed by atoms with Gasteiger partial charge in [0, 0.05) is 24.6 Å². The number of nitrogens with zero attached hydrogens (tertiary/aromatic N) is 1. The molecule has 1 aromatic rings. The van der Waals surface area contributed by atoms with Crippen LogP contribution in [0.25, 0.3) is 0 Å². The molecule has 1 saturated heterocycles. The van der Waals surface area contributed by atoms with Crippen molar-refractivity contribution in [3.05, 3.63) is 35.6 Å². The van der Waals surface area contributed by atoms with Crippen molar-refractivity contribution in [3.8, 4) is 0 Å². The first-order valence-electron chi connectivity index (χ1n) is 6.13. The van der Waals surface area contributed by atoms with Gasteiger partial charge in [-0.1, -0.05) is 6.07 Å². The highest BCUT2D eigenvalue weighted by atomic mass is 19.1. The molecule has 1 amide bonds. The lowest BCUT2D eigenvalue weighted by Gasteiger charge is -2.30. The molecule has 1 aliphatic rings. The molecule has 0 unspecified atom stereocenters. The summed E-state index contributed by atoms with van der Waals surface area (Å²) in [6.45, 7) is 2.73. The van der Waals surface area contributed by atoms with Gasteiger partial charge >= 0.3 is 0 Å². The van der Waals surface area contributed by atoms with Gasteiger partial charge in [-0.25, -0.2) is 4.39 Å². The van der Waals surface area contributed by atoms with E-state index < -0.39 is 5.82 Å². The molecule has 0 radical (unpaired) electrons. The first-order chi connectivity index (χ1) is 8.58. The topological polar surface area (TPSA) is 37.4 Å². The third kappa shape index (κ3) is 2.75. The van der Waals surface area contributed by atoms with Gasteiger partial charge in [-0.05, 0) is 38.0 Å². The zero-order chi connectivity index (χ0) is 13.1. The summed E-state index contributed by atoms with van der Waals surface area (Å²) in [5.74, 6) is -0.301. The normalized spacial score (nSPS) is 16.7. The number of halogens is 1. The number of piperidine rings is 1. The molecule has 1 heterocycles. The smallest absolute Gasteiger partial charge is 0.253 e. The number of ketones is 1. The van der Waals surface area contributed by atoms with Crippen LogP contribution in [0.5, 0.6) is 0 Å². The highest BCUT2D eigenvalue weighted by molar-refractivity contribution is 5.94. The molecular formula is C14H16FNO2. The maximum Gasteiger partial charge on any atom is 0.253 e. The van der Waals surface area contributed by atoms with E-state index >= 15 is 0 Å². The van der Waals surface area contributed by atoms with Crippen molar-refractivity contribution in [3.63, 3.8) is 0 Å². The molecule has 1 aliphatic heterocycles. The van der Waals surface area contributed by atoms with Gasteiger partial charge in [0.25, 0.3) is 5.91 Å². The quantitative estimate of drug-likeness (QED) is 0.806. The van der Waals surface area contributed by atoms with E-state index in [4.69, 9.17) is 0 Å². The first-order valence-corrected chi connectivity index (χ1v) is 6.13. The van der Waals surface area contributed by atoms with Gasteiger partial charge in [-0.15, -0.1) is 0 Å². The lowest BCUT2D eigenvalue weighted by molar-refractivity contribution is -0.121. The molecule has 0 aliphatic carbocycles. The Morgan fingerprint density at radius 1 is 1.28 bits per heavy atom. The van der Waals surface area contributed by atoms with E-state index in [0.717, 1.165) is 0 Å². The fourth-order valence-corrected chi connectivity index (χ4v) is 2.29. The Kier molecular flexibility index (Phi) is 3.75. The number of benzene rings is 1. The number of likely N-dealkylation sites (tertiary alicyclic amines) is 1. The summed E-state index contributed by atoms with van der Waals surface area (Å²) in [6, 6.07) is 5.71. The maximum atomic E-state index is 13.0. The Bertz CT molecular complexity index is 465. The molecule has 18 heavy (non-hydrogen) atoms. The number of hydrogen-bond acceptors (Lipinski definition) is 2. The molecule has 96 valence electrons. The average Bonchev–Trinajstić information content (AvgIpc) is 2.38. The van der Waals surface area contributed by atoms with Gasteiger partial charge in [-0.3, -0.25) is 9.59 Å². The third-order valence-electron chi connectivity index (χ3n) is 3.43. The minimum absolute atomic E-state index is 0.0709. The zero-order valence-electron chi connectivity index (χ0n) is 10.4. The summed E-state index contributed by atoms with van der Waals surface area (Å²) >= 11 is 0. The van der Waals surface area contributed by atoms with Crippen molar-refractivity contribution in [2.75, 3.05) is 13.1 Å². The van der Waals surface area contributed by atoms with E-state index in [0.29, 0.717) is 31.5 Å². The number of carbonyl (C=O) groups is 2. The predicted octanol–water partition coefficient (Wildman–Crippen LogP) is 2.27.